The monoisotopic (exact) mass is 581 g/mol. The van der Waals surface area contributed by atoms with Crippen LogP contribution in [0.25, 0.3) is 0 Å². The molecule has 3 aliphatic rings. The second kappa shape index (κ2) is 10.6. The van der Waals surface area contributed by atoms with Crippen molar-refractivity contribution in [2.45, 2.75) is 82.4 Å². The lowest BCUT2D eigenvalue weighted by Gasteiger charge is -2.50. The molecule has 1 N–H and O–H groups in total. The molecule has 0 atom stereocenters. The van der Waals surface area contributed by atoms with E-state index in [-0.39, 0.29) is 12.5 Å². The fourth-order valence-corrected chi connectivity index (χ4v) is 5.95. The fraction of sp³-hybridized carbons (Fsp3) is 0.630. The van der Waals surface area contributed by atoms with E-state index >= 15 is 0 Å². The number of alkyl halides is 3. The molecule has 218 valence electrons. The molecule has 1 saturated carbocycles. The minimum absolute atomic E-state index is 0.0958. The largest absolute Gasteiger partial charge is 0.444 e. The van der Waals surface area contributed by atoms with E-state index < -0.39 is 34.6 Å². The zero-order valence-corrected chi connectivity index (χ0v) is 23.7. The van der Waals surface area contributed by atoms with Gasteiger partial charge in [-0.15, -0.1) is 11.3 Å². The molecule has 0 unspecified atom stereocenters. The van der Waals surface area contributed by atoms with Crippen LogP contribution >= 0.6 is 11.3 Å². The number of hydrogen-bond acceptors (Lipinski definition) is 8. The number of rotatable bonds is 6. The summed E-state index contributed by atoms with van der Waals surface area (Å²) in [6, 6.07) is 2.35. The number of pyridine rings is 1. The van der Waals surface area contributed by atoms with E-state index in [1.807, 2.05) is 5.38 Å². The number of aromatic nitrogens is 2. The van der Waals surface area contributed by atoms with Crippen molar-refractivity contribution in [2.75, 3.05) is 31.5 Å². The van der Waals surface area contributed by atoms with Gasteiger partial charge in [0.1, 0.15) is 11.2 Å². The molecule has 0 bridgehead atoms. The number of nitrogens with zero attached hydrogens (tertiary/aromatic N) is 4. The lowest BCUT2D eigenvalue weighted by molar-refractivity contribution is -0.201. The highest BCUT2D eigenvalue weighted by molar-refractivity contribution is 7.13. The van der Waals surface area contributed by atoms with Crippen molar-refractivity contribution >= 4 is 28.5 Å². The van der Waals surface area contributed by atoms with Gasteiger partial charge in [-0.05, 0) is 58.6 Å². The number of anilines is 1. The van der Waals surface area contributed by atoms with E-state index in [1.54, 1.807) is 25.7 Å². The Morgan fingerprint density at radius 3 is 2.48 bits per heavy atom. The number of ether oxygens (including phenoxy) is 2. The molecule has 0 aromatic carbocycles. The number of nitrogens with one attached hydrogen (secondary N) is 1. The molecule has 2 spiro atoms. The van der Waals surface area contributed by atoms with Crippen LogP contribution in [0, 0.1) is 0 Å². The van der Waals surface area contributed by atoms with Gasteiger partial charge in [-0.1, -0.05) is 0 Å². The maximum Gasteiger partial charge on any atom is 0.417 e. The van der Waals surface area contributed by atoms with Crippen LogP contribution < -0.4 is 5.32 Å². The number of morpholine rings is 1. The first-order valence-electron chi connectivity index (χ1n) is 13.4. The van der Waals surface area contributed by atoms with Crippen LogP contribution in [0.4, 0.5) is 23.1 Å². The van der Waals surface area contributed by atoms with Crippen LogP contribution in [-0.4, -0.2) is 74.8 Å². The number of piperidine rings is 1. The van der Waals surface area contributed by atoms with Gasteiger partial charge in [0.15, 0.2) is 5.13 Å². The summed E-state index contributed by atoms with van der Waals surface area (Å²) in [6.07, 6.45) is -0.597. The molecule has 2 amide bonds. The Labute approximate surface area is 235 Å². The molecule has 2 saturated heterocycles. The molecule has 3 fully saturated rings. The predicted octanol–water partition coefficient (Wildman–Crippen LogP) is 4.87. The second-order valence-corrected chi connectivity index (χ2v) is 12.7. The van der Waals surface area contributed by atoms with E-state index in [1.165, 1.54) is 17.4 Å². The van der Waals surface area contributed by atoms with Gasteiger partial charge >= 0.3 is 12.3 Å². The average Bonchev–Trinajstić information content (AvgIpc) is 3.49. The van der Waals surface area contributed by atoms with E-state index in [0.29, 0.717) is 30.2 Å². The summed E-state index contributed by atoms with van der Waals surface area (Å²) >= 11 is 1.36. The van der Waals surface area contributed by atoms with Gasteiger partial charge in [0.2, 0.25) is 0 Å². The SMILES string of the molecule is CC(C)(C)OC(=O)Nc1nc(CCN2CCC3(CC2)CN(Cc2ccc(C(F)(F)F)cn2)C(=O)C2(CC2)O3)cs1. The lowest BCUT2D eigenvalue weighted by Crippen LogP contribution is -2.62. The minimum Gasteiger partial charge on any atom is -0.444 e. The Morgan fingerprint density at radius 2 is 1.88 bits per heavy atom. The zero-order valence-electron chi connectivity index (χ0n) is 22.8. The first kappa shape index (κ1) is 28.7. The molecule has 40 heavy (non-hydrogen) atoms. The third-order valence-electron chi connectivity index (χ3n) is 7.39. The molecule has 13 heteroatoms. The topological polar surface area (TPSA) is 96.9 Å². The smallest absolute Gasteiger partial charge is 0.417 e. The van der Waals surface area contributed by atoms with Crippen LogP contribution in [0.15, 0.2) is 23.7 Å². The summed E-state index contributed by atoms with van der Waals surface area (Å²) in [4.78, 5) is 37.7. The number of carbonyl (C=O) groups excluding carboxylic acids is 2. The molecule has 0 radical (unpaired) electrons. The second-order valence-electron chi connectivity index (χ2n) is 11.8. The molecule has 4 heterocycles. The molecule has 9 nitrogen and oxygen atoms in total. The number of amides is 2. The van der Waals surface area contributed by atoms with Crippen LogP contribution in [0.2, 0.25) is 0 Å². The summed E-state index contributed by atoms with van der Waals surface area (Å²) in [5.41, 5.74) is -1.35. The van der Waals surface area contributed by atoms with Gasteiger partial charge in [0.25, 0.3) is 5.91 Å². The number of likely N-dealkylation sites (tertiary alicyclic amines) is 1. The molecule has 2 aliphatic heterocycles. The Kier molecular flexibility index (Phi) is 7.60. The van der Waals surface area contributed by atoms with Gasteiger partial charge in [0.05, 0.1) is 35.6 Å². The summed E-state index contributed by atoms with van der Waals surface area (Å²) in [6.45, 7) is 8.36. The van der Waals surface area contributed by atoms with Gasteiger partial charge < -0.3 is 19.3 Å². The Balaban J connectivity index is 1.14. The molecular formula is C27H34F3N5O4S. The predicted molar refractivity (Wildman–Crippen MR) is 142 cm³/mol. The first-order chi connectivity index (χ1) is 18.7. The van der Waals surface area contributed by atoms with Gasteiger partial charge in [-0.2, -0.15) is 13.2 Å². The maximum absolute atomic E-state index is 13.2. The summed E-state index contributed by atoms with van der Waals surface area (Å²) in [5, 5.41) is 5.10. The van der Waals surface area contributed by atoms with Gasteiger partial charge in [-0.3, -0.25) is 15.1 Å². The van der Waals surface area contributed by atoms with Crippen molar-refractivity contribution in [3.8, 4) is 0 Å². The number of thiazole rings is 1. The quantitative estimate of drug-likeness (QED) is 0.520. The molecule has 5 rings (SSSR count). The van der Waals surface area contributed by atoms with Crippen molar-refractivity contribution in [3.63, 3.8) is 0 Å². The van der Waals surface area contributed by atoms with Crippen LogP contribution in [0.3, 0.4) is 0 Å². The summed E-state index contributed by atoms with van der Waals surface area (Å²) in [5.74, 6) is -0.0958. The zero-order chi connectivity index (χ0) is 28.8. The molecule has 1 aliphatic carbocycles. The van der Waals surface area contributed by atoms with Crippen LogP contribution in [0.5, 0.6) is 0 Å². The van der Waals surface area contributed by atoms with Crippen molar-refractivity contribution in [3.05, 3.63) is 40.7 Å². The fourth-order valence-electron chi connectivity index (χ4n) is 5.22. The minimum atomic E-state index is -4.45. The Morgan fingerprint density at radius 1 is 1.15 bits per heavy atom. The van der Waals surface area contributed by atoms with E-state index in [0.717, 1.165) is 56.9 Å². The first-order valence-corrected chi connectivity index (χ1v) is 14.3. The van der Waals surface area contributed by atoms with Crippen molar-refractivity contribution in [1.82, 2.24) is 19.8 Å². The third-order valence-corrected chi connectivity index (χ3v) is 8.19. The van der Waals surface area contributed by atoms with E-state index in [2.05, 4.69) is 20.2 Å². The van der Waals surface area contributed by atoms with Crippen molar-refractivity contribution in [1.29, 1.82) is 0 Å². The standard InChI is InChI=1S/C27H34F3N5O4S/c1-24(2,3)38-23(37)33-22-32-20(16-40-22)6-11-34-12-9-25(10-13-34)17-35(21(36)26(39-25)7-8-26)15-19-5-4-18(14-31-19)27(28,29)30/h4-5,14,16H,6-13,15,17H2,1-3H3,(H,32,33,37). The van der Waals surface area contributed by atoms with E-state index in [9.17, 15) is 22.8 Å². The summed E-state index contributed by atoms with van der Waals surface area (Å²) < 4.78 is 50.5. The molecule has 2 aromatic heterocycles. The summed E-state index contributed by atoms with van der Waals surface area (Å²) in [7, 11) is 0. The van der Waals surface area contributed by atoms with E-state index in [4.69, 9.17) is 9.47 Å². The number of carbonyl (C=O) groups is 2. The van der Waals surface area contributed by atoms with Crippen LogP contribution in [-0.2, 0) is 33.4 Å². The Hall–Kier alpha value is -2.77. The van der Waals surface area contributed by atoms with Crippen LogP contribution in [0.1, 0.15) is 63.4 Å². The molecular weight excluding hydrogens is 547 g/mol. The maximum atomic E-state index is 13.2. The van der Waals surface area contributed by atoms with Crippen molar-refractivity contribution in [2.24, 2.45) is 0 Å². The number of hydrogen-bond donors (Lipinski definition) is 1. The average molecular weight is 582 g/mol. The highest BCUT2D eigenvalue weighted by atomic mass is 32.1. The normalized spacial score (nSPS) is 20.6. The lowest BCUT2D eigenvalue weighted by atomic mass is 9.87. The number of halogens is 3. The van der Waals surface area contributed by atoms with Gasteiger partial charge in [-0.25, -0.2) is 9.78 Å². The Bertz CT molecular complexity index is 1230. The highest BCUT2D eigenvalue weighted by Gasteiger charge is 2.61. The highest BCUT2D eigenvalue weighted by Crippen LogP contribution is 2.50. The third kappa shape index (κ3) is 6.74. The van der Waals surface area contributed by atoms with Crippen molar-refractivity contribution < 1.29 is 32.2 Å². The van der Waals surface area contributed by atoms with Gasteiger partial charge in [0, 0.05) is 37.6 Å². The molecule has 2 aromatic rings.